The molecular weight excluding hydrogens is 364 g/mol. The molecule has 3 aromatic rings. The minimum atomic E-state index is -0.0492. The molecule has 3 rings (SSSR count). The molecule has 0 unspecified atom stereocenters. The van der Waals surface area contributed by atoms with E-state index in [1.165, 1.54) is 28.7 Å². The van der Waals surface area contributed by atoms with Crippen LogP contribution < -0.4 is 10.6 Å². The molecule has 1 heterocycles. The normalized spacial score (nSPS) is 10.5. The summed E-state index contributed by atoms with van der Waals surface area (Å²) in [6, 6.07) is 15.9. The number of nitrogens with zero attached hydrogens (tertiary/aromatic N) is 2. The number of hydrogen-bond donors (Lipinski definition) is 2. The largest absolute Gasteiger partial charge is 0.330 e. The summed E-state index contributed by atoms with van der Waals surface area (Å²) in [5.41, 5.74) is 4.18. The Labute approximate surface area is 161 Å². The van der Waals surface area contributed by atoms with Crippen molar-refractivity contribution in [3.63, 3.8) is 0 Å². The van der Waals surface area contributed by atoms with Crippen LogP contribution in [0.2, 0.25) is 0 Å². The summed E-state index contributed by atoms with van der Waals surface area (Å²) < 4.78 is 0.763. The Kier molecular flexibility index (Phi) is 6.25. The van der Waals surface area contributed by atoms with Crippen LogP contribution in [0.15, 0.2) is 52.9 Å². The molecule has 0 saturated heterocycles. The third-order valence-corrected chi connectivity index (χ3v) is 5.71. The van der Waals surface area contributed by atoms with E-state index >= 15 is 0 Å². The summed E-state index contributed by atoms with van der Waals surface area (Å²) in [4.78, 5) is 12.1. The molecular formula is C19H20N4OS2. The number of aryl methyl sites for hydroxylation is 2. The minimum Gasteiger partial charge on any atom is -0.330 e. The number of anilines is 3. The van der Waals surface area contributed by atoms with Gasteiger partial charge in [-0.25, -0.2) is 0 Å². The van der Waals surface area contributed by atoms with E-state index in [1.54, 1.807) is 0 Å². The van der Waals surface area contributed by atoms with Gasteiger partial charge in [0.2, 0.25) is 11.0 Å². The van der Waals surface area contributed by atoms with Crippen LogP contribution in [-0.2, 0) is 11.2 Å². The monoisotopic (exact) mass is 384 g/mol. The predicted molar refractivity (Wildman–Crippen MR) is 110 cm³/mol. The molecule has 1 amide bonds. The van der Waals surface area contributed by atoms with E-state index < -0.39 is 0 Å². The van der Waals surface area contributed by atoms with Crippen LogP contribution in [-0.4, -0.2) is 21.9 Å². The second-order valence-corrected chi connectivity index (χ2v) is 7.90. The predicted octanol–water partition coefficient (Wildman–Crippen LogP) is 4.88. The van der Waals surface area contributed by atoms with Crippen LogP contribution in [0, 0.1) is 6.92 Å². The highest BCUT2D eigenvalue weighted by atomic mass is 32.2. The summed E-state index contributed by atoms with van der Waals surface area (Å²) >= 11 is 2.83. The maximum atomic E-state index is 12.1. The van der Waals surface area contributed by atoms with Gasteiger partial charge in [0, 0.05) is 11.4 Å². The molecule has 0 saturated carbocycles. The minimum absolute atomic E-state index is 0.0492. The molecule has 0 aliphatic heterocycles. The second-order valence-electron chi connectivity index (χ2n) is 5.70. The van der Waals surface area contributed by atoms with Crippen LogP contribution in [0.5, 0.6) is 0 Å². The Morgan fingerprint density at radius 2 is 2.00 bits per heavy atom. The van der Waals surface area contributed by atoms with E-state index in [2.05, 4.69) is 33.8 Å². The zero-order valence-corrected chi connectivity index (χ0v) is 16.3. The average molecular weight is 385 g/mol. The fraction of sp³-hybridized carbons (Fsp3) is 0.211. The Morgan fingerprint density at radius 1 is 1.15 bits per heavy atom. The van der Waals surface area contributed by atoms with Crippen LogP contribution >= 0.6 is 23.1 Å². The number of amides is 1. The topological polar surface area (TPSA) is 66.9 Å². The Balaban J connectivity index is 1.52. The van der Waals surface area contributed by atoms with Gasteiger partial charge < -0.3 is 10.6 Å². The highest BCUT2D eigenvalue weighted by Crippen LogP contribution is 2.28. The van der Waals surface area contributed by atoms with Gasteiger partial charge in [-0.05, 0) is 42.7 Å². The number of carbonyl (C=O) groups is 1. The number of aromatic nitrogens is 2. The third kappa shape index (κ3) is 5.06. The summed E-state index contributed by atoms with van der Waals surface area (Å²) in [6.45, 7) is 4.13. The van der Waals surface area contributed by atoms with Gasteiger partial charge in [0.1, 0.15) is 0 Å². The lowest BCUT2D eigenvalue weighted by Gasteiger charge is -2.05. The molecule has 5 nitrogen and oxygen atoms in total. The molecule has 2 aromatic carbocycles. The van der Waals surface area contributed by atoms with E-state index in [4.69, 9.17) is 0 Å². The van der Waals surface area contributed by atoms with Crippen LogP contribution in [0.4, 0.5) is 16.5 Å². The molecule has 2 N–H and O–H groups in total. The SMILES string of the molecule is CCc1cccc(NC(=O)CSc2nnc(Nc3ccccc3C)s2)c1. The number of para-hydroxylation sites is 1. The van der Waals surface area contributed by atoms with Gasteiger partial charge in [0.05, 0.1) is 5.75 Å². The molecule has 134 valence electrons. The van der Waals surface area contributed by atoms with Crippen molar-refractivity contribution in [1.82, 2.24) is 10.2 Å². The molecule has 0 aliphatic carbocycles. The number of rotatable bonds is 7. The van der Waals surface area contributed by atoms with Crippen molar-refractivity contribution in [3.05, 3.63) is 59.7 Å². The van der Waals surface area contributed by atoms with E-state index in [9.17, 15) is 4.79 Å². The van der Waals surface area contributed by atoms with Crippen molar-refractivity contribution in [3.8, 4) is 0 Å². The van der Waals surface area contributed by atoms with Crippen LogP contribution in [0.25, 0.3) is 0 Å². The van der Waals surface area contributed by atoms with Crippen molar-refractivity contribution in [1.29, 1.82) is 0 Å². The van der Waals surface area contributed by atoms with Crippen molar-refractivity contribution in [2.75, 3.05) is 16.4 Å². The van der Waals surface area contributed by atoms with Crippen LogP contribution in [0.3, 0.4) is 0 Å². The first-order valence-electron chi connectivity index (χ1n) is 8.32. The van der Waals surface area contributed by atoms with Crippen molar-refractivity contribution >= 4 is 45.5 Å². The van der Waals surface area contributed by atoms with Crippen molar-refractivity contribution < 1.29 is 4.79 Å². The zero-order chi connectivity index (χ0) is 18.4. The third-order valence-electron chi connectivity index (χ3n) is 3.74. The molecule has 0 atom stereocenters. The Morgan fingerprint density at radius 3 is 2.81 bits per heavy atom. The fourth-order valence-electron chi connectivity index (χ4n) is 2.34. The molecule has 0 fully saturated rings. The van der Waals surface area contributed by atoms with E-state index in [-0.39, 0.29) is 5.91 Å². The Hall–Kier alpha value is -2.38. The van der Waals surface area contributed by atoms with Crippen molar-refractivity contribution in [2.45, 2.75) is 24.6 Å². The number of thioether (sulfide) groups is 1. The number of carbonyl (C=O) groups excluding carboxylic acids is 1. The van der Waals surface area contributed by atoms with Crippen LogP contribution in [0.1, 0.15) is 18.1 Å². The molecule has 0 aliphatic rings. The molecule has 0 spiro atoms. The fourth-order valence-corrected chi connectivity index (χ4v) is 3.90. The quantitative estimate of drug-likeness (QED) is 0.568. The van der Waals surface area contributed by atoms with E-state index in [0.717, 1.165) is 32.8 Å². The van der Waals surface area contributed by atoms with Gasteiger partial charge in [0.25, 0.3) is 0 Å². The smallest absolute Gasteiger partial charge is 0.234 e. The van der Waals surface area contributed by atoms with E-state index in [0.29, 0.717) is 5.75 Å². The maximum Gasteiger partial charge on any atom is 0.234 e. The molecule has 0 radical (unpaired) electrons. The standard InChI is InChI=1S/C19H20N4OS2/c1-3-14-8-6-9-15(11-14)20-17(24)12-25-19-23-22-18(26-19)21-16-10-5-4-7-13(16)2/h4-11H,3,12H2,1-2H3,(H,20,24)(H,21,22). The first kappa shape index (κ1) is 18.4. The first-order valence-corrected chi connectivity index (χ1v) is 10.1. The van der Waals surface area contributed by atoms with Crippen molar-refractivity contribution in [2.24, 2.45) is 0 Å². The summed E-state index contributed by atoms with van der Waals surface area (Å²) in [5, 5.41) is 15.2. The van der Waals surface area contributed by atoms with Gasteiger partial charge in [-0.15, -0.1) is 10.2 Å². The highest BCUT2D eigenvalue weighted by Gasteiger charge is 2.09. The molecule has 0 bridgehead atoms. The number of hydrogen-bond acceptors (Lipinski definition) is 6. The molecule has 26 heavy (non-hydrogen) atoms. The summed E-state index contributed by atoms with van der Waals surface area (Å²) in [7, 11) is 0. The van der Waals surface area contributed by atoms with Gasteiger partial charge in [0.15, 0.2) is 4.34 Å². The summed E-state index contributed by atoms with van der Waals surface area (Å²) in [6.07, 6.45) is 0.944. The van der Waals surface area contributed by atoms with Gasteiger partial charge in [-0.3, -0.25) is 4.79 Å². The number of benzene rings is 2. The second kappa shape index (κ2) is 8.82. The van der Waals surface area contributed by atoms with Gasteiger partial charge in [-0.2, -0.15) is 0 Å². The lowest BCUT2D eigenvalue weighted by atomic mass is 10.1. The number of nitrogens with one attached hydrogen (secondary N) is 2. The molecule has 1 aromatic heterocycles. The average Bonchev–Trinajstić information content (AvgIpc) is 3.09. The highest BCUT2D eigenvalue weighted by molar-refractivity contribution is 8.01. The maximum absolute atomic E-state index is 12.1. The van der Waals surface area contributed by atoms with Gasteiger partial charge >= 0.3 is 0 Å². The zero-order valence-electron chi connectivity index (χ0n) is 14.7. The molecule has 7 heteroatoms. The Bertz CT molecular complexity index is 895. The lowest BCUT2D eigenvalue weighted by molar-refractivity contribution is -0.113. The van der Waals surface area contributed by atoms with Gasteiger partial charge in [-0.1, -0.05) is 60.4 Å². The van der Waals surface area contributed by atoms with E-state index in [1.807, 2.05) is 49.4 Å². The summed E-state index contributed by atoms with van der Waals surface area (Å²) in [5.74, 6) is 0.252. The lowest BCUT2D eigenvalue weighted by Crippen LogP contribution is -2.14. The first-order chi connectivity index (χ1) is 12.6.